The van der Waals surface area contributed by atoms with Gasteiger partial charge in [-0.25, -0.2) is 0 Å². The van der Waals surface area contributed by atoms with Gasteiger partial charge in [0.2, 0.25) is 0 Å². The maximum Gasteiger partial charge on any atom is 0.270 e. The van der Waals surface area contributed by atoms with E-state index >= 15 is 0 Å². The molecule has 0 saturated carbocycles. The van der Waals surface area contributed by atoms with Crippen LogP contribution in [0.25, 0.3) is 0 Å². The van der Waals surface area contributed by atoms with Crippen molar-refractivity contribution in [1.82, 2.24) is 9.88 Å². The summed E-state index contributed by atoms with van der Waals surface area (Å²) in [5, 5.41) is 0. The van der Waals surface area contributed by atoms with Crippen molar-refractivity contribution in [2.24, 2.45) is 0 Å². The van der Waals surface area contributed by atoms with Crippen LogP contribution in [0.3, 0.4) is 0 Å². The Morgan fingerprint density at radius 1 is 1.20 bits per heavy atom. The van der Waals surface area contributed by atoms with Gasteiger partial charge < -0.3 is 19.4 Å². The van der Waals surface area contributed by atoms with Crippen molar-refractivity contribution in [2.75, 3.05) is 20.8 Å². The molecule has 1 aliphatic rings. The van der Waals surface area contributed by atoms with Crippen LogP contribution in [0, 0.1) is 0 Å². The van der Waals surface area contributed by atoms with Gasteiger partial charge in [-0.15, -0.1) is 0 Å². The van der Waals surface area contributed by atoms with Gasteiger partial charge in [0.1, 0.15) is 5.69 Å². The first-order chi connectivity index (χ1) is 12.2. The summed E-state index contributed by atoms with van der Waals surface area (Å²) in [4.78, 5) is 17.8. The zero-order valence-corrected chi connectivity index (χ0v) is 15.0. The lowest BCUT2D eigenvalue weighted by atomic mass is 9.95. The number of nitrogens with zero attached hydrogens (tertiary/aromatic N) is 1. The lowest BCUT2D eigenvalue weighted by Gasteiger charge is -2.35. The van der Waals surface area contributed by atoms with Gasteiger partial charge in [0, 0.05) is 18.8 Å². The van der Waals surface area contributed by atoms with Crippen molar-refractivity contribution in [3.63, 3.8) is 0 Å². The van der Waals surface area contributed by atoms with Gasteiger partial charge in [0.15, 0.2) is 11.5 Å². The van der Waals surface area contributed by atoms with E-state index in [1.165, 1.54) is 12.0 Å². The zero-order valence-electron chi connectivity index (χ0n) is 15.0. The molecule has 1 N–H and O–H groups in total. The first kappa shape index (κ1) is 17.4. The van der Waals surface area contributed by atoms with Crippen LogP contribution in [0.5, 0.6) is 11.5 Å². The quantitative estimate of drug-likeness (QED) is 0.872. The van der Waals surface area contributed by atoms with Crippen LogP contribution >= 0.6 is 0 Å². The highest BCUT2D eigenvalue weighted by molar-refractivity contribution is 5.92. The average Bonchev–Trinajstić information content (AvgIpc) is 3.20. The van der Waals surface area contributed by atoms with Gasteiger partial charge >= 0.3 is 0 Å². The number of amides is 1. The smallest absolute Gasteiger partial charge is 0.270 e. The molecule has 0 bridgehead atoms. The molecule has 0 aliphatic carbocycles. The van der Waals surface area contributed by atoms with Crippen LogP contribution in [0.15, 0.2) is 36.5 Å². The minimum atomic E-state index is 0.113. The molecule has 134 valence electrons. The Hall–Kier alpha value is -2.43. The number of rotatable bonds is 6. The summed E-state index contributed by atoms with van der Waals surface area (Å²) >= 11 is 0. The molecular formula is C20H26N2O3. The van der Waals surface area contributed by atoms with Crippen molar-refractivity contribution in [3.8, 4) is 11.5 Å². The molecule has 1 saturated heterocycles. The van der Waals surface area contributed by atoms with E-state index in [9.17, 15) is 4.79 Å². The Bertz CT molecular complexity index is 697. The zero-order chi connectivity index (χ0) is 17.6. The second-order valence-corrected chi connectivity index (χ2v) is 6.46. The van der Waals surface area contributed by atoms with Gasteiger partial charge in [0.25, 0.3) is 5.91 Å². The predicted molar refractivity (Wildman–Crippen MR) is 97.3 cm³/mol. The minimum absolute atomic E-state index is 0.113. The molecule has 1 aliphatic heterocycles. The number of hydrogen-bond donors (Lipinski definition) is 1. The highest BCUT2D eigenvalue weighted by atomic mass is 16.5. The molecule has 1 atom stereocenters. The van der Waals surface area contributed by atoms with Crippen LogP contribution < -0.4 is 9.47 Å². The Morgan fingerprint density at radius 2 is 2.04 bits per heavy atom. The number of ether oxygens (including phenoxy) is 2. The number of likely N-dealkylation sites (tertiary alicyclic amines) is 1. The number of benzene rings is 1. The normalized spacial score (nSPS) is 17.4. The first-order valence-electron chi connectivity index (χ1n) is 8.88. The van der Waals surface area contributed by atoms with Crippen LogP contribution in [-0.2, 0) is 6.42 Å². The molecule has 25 heavy (non-hydrogen) atoms. The number of aromatic nitrogens is 1. The third-order valence-electron chi connectivity index (χ3n) is 4.93. The van der Waals surface area contributed by atoms with E-state index in [4.69, 9.17) is 9.47 Å². The van der Waals surface area contributed by atoms with Crippen molar-refractivity contribution >= 4 is 5.91 Å². The SMILES string of the molecule is COc1ccc(CCC2CCCCN2C(=O)c2ccc[nH]2)cc1OC. The van der Waals surface area contributed by atoms with Crippen LogP contribution in [0.4, 0.5) is 0 Å². The standard InChI is InChI=1S/C20H26N2O3/c1-24-18-11-9-15(14-19(18)25-2)8-10-16-6-3-4-13-22(16)20(23)17-7-5-12-21-17/h5,7,9,11-12,14,16,21H,3-4,6,8,10,13H2,1-2H3. The number of piperidine rings is 1. The van der Waals surface area contributed by atoms with E-state index < -0.39 is 0 Å². The van der Waals surface area contributed by atoms with Gasteiger partial charge in [-0.3, -0.25) is 4.79 Å². The fourth-order valence-electron chi connectivity index (χ4n) is 3.56. The maximum absolute atomic E-state index is 12.7. The summed E-state index contributed by atoms with van der Waals surface area (Å²) in [5.74, 6) is 1.61. The highest BCUT2D eigenvalue weighted by Gasteiger charge is 2.27. The average molecular weight is 342 g/mol. The fourth-order valence-corrected chi connectivity index (χ4v) is 3.56. The molecule has 2 heterocycles. The summed E-state index contributed by atoms with van der Waals surface area (Å²) in [7, 11) is 3.29. The summed E-state index contributed by atoms with van der Waals surface area (Å²) in [6.07, 6.45) is 7.02. The van der Waals surface area contributed by atoms with Gasteiger partial charge in [-0.05, 0) is 61.9 Å². The van der Waals surface area contributed by atoms with Gasteiger partial charge in [-0.1, -0.05) is 6.07 Å². The van der Waals surface area contributed by atoms with E-state index in [1.54, 1.807) is 20.4 Å². The topological polar surface area (TPSA) is 54.6 Å². The largest absolute Gasteiger partial charge is 0.493 e. The number of carbonyl (C=O) groups is 1. The summed E-state index contributed by atoms with van der Waals surface area (Å²) < 4.78 is 10.7. The third kappa shape index (κ3) is 3.98. The molecule has 0 radical (unpaired) electrons. The molecule has 3 rings (SSSR count). The monoisotopic (exact) mass is 342 g/mol. The number of hydrogen-bond acceptors (Lipinski definition) is 3. The second kappa shape index (κ2) is 8.10. The molecule has 5 nitrogen and oxygen atoms in total. The number of aromatic amines is 1. The van der Waals surface area contributed by atoms with Crippen molar-refractivity contribution < 1.29 is 14.3 Å². The van der Waals surface area contributed by atoms with Crippen molar-refractivity contribution in [1.29, 1.82) is 0 Å². The molecular weight excluding hydrogens is 316 g/mol. The van der Waals surface area contributed by atoms with E-state index in [0.29, 0.717) is 5.69 Å². The van der Waals surface area contributed by atoms with Crippen molar-refractivity contribution in [3.05, 3.63) is 47.8 Å². The van der Waals surface area contributed by atoms with Crippen LogP contribution in [-0.4, -0.2) is 42.6 Å². The van der Waals surface area contributed by atoms with Crippen LogP contribution in [0.1, 0.15) is 41.7 Å². The Balaban J connectivity index is 1.67. The van der Waals surface area contributed by atoms with Gasteiger partial charge in [-0.2, -0.15) is 0 Å². The molecule has 1 amide bonds. The molecule has 1 aromatic heterocycles. The number of H-pyrrole nitrogens is 1. The predicted octanol–water partition coefficient (Wildman–Crippen LogP) is 3.66. The van der Waals surface area contributed by atoms with E-state index in [1.807, 2.05) is 29.2 Å². The fraction of sp³-hybridized carbons (Fsp3) is 0.450. The Labute approximate surface area is 148 Å². The van der Waals surface area contributed by atoms with Gasteiger partial charge in [0.05, 0.1) is 14.2 Å². The summed E-state index contributed by atoms with van der Waals surface area (Å²) in [6.45, 7) is 0.842. The number of nitrogens with one attached hydrogen (secondary N) is 1. The summed E-state index contributed by atoms with van der Waals surface area (Å²) in [5.41, 5.74) is 1.88. The van der Waals surface area contributed by atoms with E-state index in [2.05, 4.69) is 11.1 Å². The molecule has 1 aromatic carbocycles. The molecule has 1 unspecified atom stereocenters. The molecule has 1 fully saturated rings. The number of aryl methyl sites for hydroxylation is 1. The number of carbonyl (C=O) groups excluding carboxylic acids is 1. The number of methoxy groups -OCH3 is 2. The first-order valence-corrected chi connectivity index (χ1v) is 8.88. The molecule has 2 aromatic rings. The minimum Gasteiger partial charge on any atom is -0.493 e. The third-order valence-corrected chi connectivity index (χ3v) is 4.93. The Morgan fingerprint density at radius 3 is 2.76 bits per heavy atom. The molecule has 5 heteroatoms. The van der Waals surface area contributed by atoms with Crippen LogP contribution in [0.2, 0.25) is 0 Å². The molecule has 0 spiro atoms. The Kier molecular flexibility index (Phi) is 5.64. The highest BCUT2D eigenvalue weighted by Crippen LogP contribution is 2.29. The van der Waals surface area contributed by atoms with E-state index in [0.717, 1.165) is 43.7 Å². The second-order valence-electron chi connectivity index (χ2n) is 6.46. The lowest BCUT2D eigenvalue weighted by molar-refractivity contribution is 0.0596. The lowest BCUT2D eigenvalue weighted by Crippen LogP contribution is -2.44. The van der Waals surface area contributed by atoms with Crippen molar-refractivity contribution in [2.45, 2.75) is 38.1 Å². The maximum atomic E-state index is 12.7. The summed E-state index contributed by atoms with van der Waals surface area (Å²) in [6, 6.07) is 10.0. The van der Waals surface area contributed by atoms with E-state index in [-0.39, 0.29) is 11.9 Å².